The predicted molar refractivity (Wildman–Crippen MR) is 125 cm³/mol. The van der Waals surface area contributed by atoms with Crippen molar-refractivity contribution < 1.29 is 23.4 Å². The number of alkyl halides is 2. The first-order valence-corrected chi connectivity index (χ1v) is 11.8. The van der Waals surface area contributed by atoms with Crippen molar-refractivity contribution in [3.05, 3.63) is 57.8 Å². The number of nitrogens with zero attached hydrogens (tertiary/aromatic N) is 2. The van der Waals surface area contributed by atoms with Gasteiger partial charge in [0.25, 0.3) is 11.5 Å². The minimum Gasteiger partial charge on any atom is -0.492 e. The highest BCUT2D eigenvalue weighted by Crippen LogP contribution is 2.44. The van der Waals surface area contributed by atoms with Crippen molar-refractivity contribution in [1.29, 1.82) is 0 Å². The summed E-state index contributed by atoms with van der Waals surface area (Å²) in [5, 5.41) is 10.3. The second kappa shape index (κ2) is 8.98. The Morgan fingerprint density at radius 3 is 2.63 bits per heavy atom. The molecule has 1 aliphatic carbocycles. The summed E-state index contributed by atoms with van der Waals surface area (Å²) in [5.74, 6) is -4.00. The number of carbonyl (C=O) groups is 1. The van der Waals surface area contributed by atoms with E-state index < -0.39 is 40.9 Å². The number of piperidine rings is 1. The third kappa shape index (κ3) is 5.08. The van der Waals surface area contributed by atoms with E-state index >= 15 is 8.78 Å². The lowest BCUT2D eigenvalue weighted by Crippen LogP contribution is -2.59. The van der Waals surface area contributed by atoms with Crippen molar-refractivity contribution in [3.8, 4) is 5.75 Å². The summed E-state index contributed by atoms with van der Waals surface area (Å²) in [7, 11) is 0. The van der Waals surface area contributed by atoms with Crippen molar-refractivity contribution in [2.24, 2.45) is 11.7 Å². The molecule has 35 heavy (non-hydrogen) atoms. The van der Waals surface area contributed by atoms with Gasteiger partial charge in [0.2, 0.25) is 5.91 Å². The van der Waals surface area contributed by atoms with Crippen LogP contribution in [0.25, 0.3) is 0 Å². The van der Waals surface area contributed by atoms with Gasteiger partial charge in [-0.2, -0.15) is 0 Å². The number of aromatic nitrogens is 2. The molecule has 2 fully saturated rings. The SMILES string of the molecule is CC(C)(O)c1cc([C@H]2CN(C(C)(C(N)=O)c3ccc(OCC4CC4)cn3)CCC2(F)F)c[nH]c1=O. The number of primary amides is 1. The number of nitrogens with one attached hydrogen (secondary N) is 1. The molecule has 0 bridgehead atoms. The molecular weight excluding hydrogens is 458 g/mol. The second-order valence-corrected chi connectivity index (χ2v) is 10.3. The maximum Gasteiger partial charge on any atom is 0.257 e. The monoisotopic (exact) mass is 490 g/mol. The topological polar surface area (TPSA) is 122 Å². The highest BCUT2D eigenvalue weighted by atomic mass is 19.3. The largest absolute Gasteiger partial charge is 0.492 e. The number of pyridine rings is 2. The van der Waals surface area contributed by atoms with Crippen molar-refractivity contribution in [3.63, 3.8) is 0 Å². The molecule has 0 aromatic carbocycles. The van der Waals surface area contributed by atoms with Gasteiger partial charge in [-0.25, -0.2) is 8.78 Å². The lowest BCUT2D eigenvalue weighted by molar-refractivity contribution is -0.139. The minimum absolute atomic E-state index is 0.0101. The van der Waals surface area contributed by atoms with Crippen LogP contribution in [0, 0.1) is 5.92 Å². The molecule has 1 amide bonds. The third-order valence-electron chi connectivity index (χ3n) is 7.14. The maximum atomic E-state index is 15.1. The van der Waals surface area contributed by atoms with Gasteiger partial charge in [0, 0.05) is 31.3 Å². The average molecular weight is 491 g/mol. The van der Waals surface area contributed by atoms with E-state index in [0.29, 0.717) is 24.0 Å². The normalized spacial score (nSPS) is 22.4. The first-order valence-electron chi connectivity index (χ1n) is 11.8. The minimum atomic E-state index is -3.10. The molecule has 3 heterocycles. The molecule has 2 aromatic rings. The zero-order valence-electron chi connectivity index (χ0n) is 20.2. The quantitative estimate of drug-likeness (QED) is 0.523. The highest BCUT2D eigenvalue weighted by molar-refractivity contribution is 5.85. The number of carbonyl (C=O) groups excluding carboxylic acids is 1. The Hall–Kier alpha value is -2.85. The molecule has 1 saturated carbocycles. The van der Waals surface area contributed by atoms with Gasteiger partial charge in [-0.1, -0.05) is 0 Å². The van der Waals surface area contributed by atoms with Gasteiger partial charge in [-0.15, -0.1) is 0 Å². The lowest BCUT2D eigenvalue weighted by atomic mass is 9.82. The molecule has 10 heteroatoms. The molecule has 2 aliphatic rings. The number of amides is 1. The van der Waals surface area contributed by atoms with Crippen LogP contribution in [-0.2, 0) is 15.9 Å². The Labute approximate surface area is 202 Å². The van der Waals surface area contributed by atoms with E-state index in [-0.39, 0.29) is 24.2 Å². The van der Waals surface area contributed by atoms with Crippen LogP contribution in [-0.4, -0.2) is 51.5 Å². The maximum absolute atomic E-state index is 15.1. The molecule has 1 saturated heterocycles. The average Bonchev–Trinajstić information content (AvgIpc) is 3.61. The van der Waals surface area contributed by atoms with Gasteiger partial charge >= 0.3 is 0 Å². The fraction of sp³-hybridized carbons (Fsp3) is 0.560. The first-order chi connectivity index (χ1) is 16.3. The van der Waals surface area contributed by atoms with Gasteiger partial charge in [0.05, 0.1) is 30.0 Å². The third-order valence-corrected chi connectivity index (χ3v) is 7.14. The molecule has 1 aliphatic heterocycles. The van der Waals surface area contributed by atoms with Crippen LogP contribution in [0.1, 0.15) is 62.8 Å². The standard InChI is InChI=1S/C25H32F2N4O4/c1-23(2,34)18-10-16(11-30-21(18)32)19-13-31(9-8-25(19,26)27)24(3,22(28)33)20-7-6-17(12-29-20)35-14-15-4-5-15/h6-7,10-12,15,19,34H,4-5,8-9,13-14H2,1-3H3,(H2,28,33)(H,30,32)/t19-,24?/m1/s1. The van der Waals surface area contributed by atoms with Gasteiger partial charge < -0.3 is 20.6 Å². The zero-order valence-corrected chi connectivity index (χ0v) is 20.2. The van der Waals surface area contributed by atoms with Crippen molar-refractivity contribution in [2.45, 2.75) is 63.0 Å². The van der Waals surface area contributed by atoms with Crippen LogP contribution in [0.2, 0.25) is 0 Å². The number of hydrogen-bond donors (Lipinski definition) is 3. The number of hydrogen-bond acceptors (Lipinski definition) is 6. The Bertz CT molecular complexity index is 1140. The van der Waals surface area contributed by atoms with Crippen molar-refractivity contribution >= 4 is 5.91 Å². The summed E-state index contributed by atoms with van der Waals surface area (Å²) in [4.78, 5) is 33.4. The van der Waals surface area contributed by atoms with Crippen LogP contribution in [0.15, 0.2) is 35.4 Å². The molecule has 190 valence electrons. The predicted octanol–water partition coefficient (Wildman–Crippen LogP) is 2.61. The summed E-state index contributed by atoms with van der Waals surface area (Å²) in [6, 6.07) is 4.66. The van der Waals surface area contributed by atoms with Gasteiger partial charge in [0.1, 0.15) is 11.3 Å². The summed E-state index contributed by atoms with van der Waals surface area (Å²) in [5.41, 5.74) is 2.81. The van der Waals surface area contributed by atoms with Crippen molar-refractivity contribution in [1.82, 2.24) is 14.9 Å². The van der Waals surface area contributed by atoms with E-state index in [4.69, 9.17) is 10.5 Å². The van der Waals surface area contributed by atoms with E-state index in [9.17, 15) is 14.7 Å². The fourth-order valence-electron chi connectivity index (χ4n) is 4.51. The molecule has 4 rings (SSSR count). The number of H-pyrrole nitrogens is 1. The Morgan fingerprint density at radius 2 is 2.06 bits per heavy atom. The number of halogens is 2. The summed E-state index contributed by atoms with van der Waals surface area (Å²) in [6.45, 7) is 4.75. The molecule has 8 nitrogen and oxygen atoms in total. The number of aromatic amines is 1. The molecule has 2 atom stereocenters. The van der Waals surface area contributed by atoms with Gasteiger partial charge in [-0.3, -0.25) is 19.5 Å². The van der Waals surface area contributed by atoms with E-state index in [0.717, 1.165) is 12.8 Å². The van der Waals surface area contributed by atoms with E-state index in [1.807, 2.05) is 0 Å². The first kappa shape index (κ1) is 25.2. The van der Waals surface area contributed by atoms with E-state index in [2.05, 4.69) is 9.97 Å². The molecule has 0 spiro atoms. The number of aliphatic hydroxyl groups is 1. The number of rotatable bonds is 8. The molecule has 2 aromatic heterocycles. The summed E-state index contributed by atoms with van der Waals surface area (Å²) < 4.78 is 36.0. The number of nitrogens with two attached hydrogens (primary N) is 1. The van der Waals surface area contributed by atoms with Crippen molar-refractivity contribution in [2.75, 3.05) is 19.7 Å². The molecule has 4 N–H and O–H groups in total. The Balaban J connectivity index is 1.64. The van der Waals surface area contributed by atoms with Crippen LogP contribution < -0.4 is 16.0 Å². The second-order valence-electron chi connectivity index (χ2n) is 10.3. The number of likely N-dealkylation sites (tertiary alicyclic amines) is 1. The molecule has 0 radical (unpaired) electrons. The fourth-order valence-corrected chi connectivity index (χ4v) is 4.51. The zero-order chi connectivity index (χ0) is 25.6. The molecule has 1 unspecified atom stereocenters. The van der Waals surface area contributed by atoms with Gasteiger partial charge in [0.15, 0.2) is 0 Å². The van der Waals surface area contributed by atoms with Crippen LogP contribution in [0.3, 0.4) is 0 Å². The Kier molecular flexibility index (Phi) is 6.48. The van der Waals surface area contributed by atoms with Crippen LogP contribution >= 0.6 is 0 Å². The summed E-state index contributed by atoms with van der Waals surface area (Å²) >= 11 is 0. The van der Waals surface area contributed by atoms with Gasteiger partial charge in [-0.05, 0) is 63.3 Å². The summed E-state index contributed by atoms with van der Waals surface area (Å²) in [6.07, 6.45) is 4.55. The van der Waals surface area contributed by atoms with E-state index in [1.54, 1.807) is 24.0 Å². The van der Waals surface area contributed by atoms with E-state index in [1.165, 1.54) is 32.3 Å². The van der Waals surface area contributed by atoms with Crippen LogP contribution in [0.4, 0.5) is 8.78 Å². The molecular formula is C25H32F2N4O4. The highest BCUT2D eigenvalue weighted by Gasteiger charge is 2.51. The Morgan fingerprint density at radius 1 is 1.34 bits per heavy atom. The lowest BCUT2D eigenvalue weighted by Gasteiger charge is -2.46. The number of ether oxygens (including phenoxy) is 1. The van der Waals surface area contributed by atoms with Crippen LogP contribution in [0.5, 0.6) is 5.75 Å². The smallest absolute Gasteiger partial charge is 0.257 e.